The predicted octanol–water partition coefficient (Wildman–Crippen LogP) is 3.07. The van der Waals surface area contributed by atoms with E-state index in [1.54, 1.807) is 12.1 Å². The Labute approximate surface area is 120 Å². The average molecular weight is 303 g/mol. The Morgan fingerprint density at radius 2 is 2.11 bits per heavy atom. The van der Waals surface area contributed by atoms with Gasteiger partial charge in [-0.1, -0.05) is 23.2 Å². The number of aliphatic carboxylic acids is 1. The van der Waals surface area contributed by atoms with E-state index < -0.39 is 18.0 Å². The van der Waals surface area contributed by atoms with Crippen LogP contribution in [0.25, 0.3) is 0 Å². The number of nitrogens with zero attached hydrogens (tertiary/aromatic N) is 1. The van der Waals surface area contributed by atoms with Gasteiger partial charge >= 0.3 is 12.0 Å². The van der Waals surface area contributed by atoms with E-state index >= 15 is 0 Å². The fraction of sp³-hybridized carbons (Fsp3) is 0.333. The maximum atomic E-state index is 12.0. The van der Waals surface area contributed by atoms with E-state index in [1.807, 2.05) is 0 Å². The normalized spacial score (nSPS) is 18.4. The second-order valence-electron chi connectivity index (χ2n) is 4.24. The van der Waals surface area contributed by atoms with Crippen molar-refractivity contribution in [3.63, 3.8) is 0 Å². The molecule has 1 atom stereocenters. The van der Waals surface area contributed by atoms with Crippen molar-refractivity contribution in [2.75, 3.05) is 11.9 Å². The molecular weight excluding hydrogens is 291 g/mol. The molecular formula is C12H12Cl2N2O3. The van der Waals surface area contributed by atoms with Crippen LogP contribution in [-0.2, 0) is 4.79 Å². The van der Waals surface area contributed by atoms with Gasteiger partial charge in [0.2, 0.25) is 0 Å². The third kappa shape index (κ3) is 3.11. The first kappa shape index (κ1) is 14.0. The van der Waals surface area contributed by atoms with Crippen LogP contribution < -0.4 is 5.32 Å². The number of carboxylic acids is 1. The van der Waals surface area contributed by atoms with Crippen LogP contribution in [0.4, 0.5) is 10.5 Å². The van der Waals surface area contributed by atoms with Crippen molar-refractivity contribution in [3.8, 4) is 0 Å². The Bertz CT molecular complexity index is 522. The van der Waals surface area contributed by atoms with Crippen molar-refractivity contribution in [1.82, 2.24) is 4.90 Å². The zero-order chi connectivity index (χ0) is 14.0. The Hall–Kier alpha value is -1.46. The number of amides is 2. The molecule has 2 amide bonds. The quantitative estimate of drug-likeness (QED) is 0.882. The van der Waals surface area contributed by atoms with Crippen LogP contribution in [0.3, 0.4) is 0 Å². The molecule has 0 radical (unpaired) electrons. The number of rotatable bonds is 2. The highest BCUT2D eigenvalue weighted by Crippen LogP contribution is 2.26. The fourth-order valence-corrected chi connectivity index (χ4v) is 2.50. The number of anilines is 1. The largest absolute Gasteiger partial charge is 0.480 e. The van der Waals surface area contributed by atoms with Crippen LogP contribution in [0.5, 0.6) is 0 Å². The van der Waals surface area contributed by atoms with Gasteiger partial charge in [0.05, 0.1) is 10.7 Å². The number of urea groups is 1. The number of benzene rings is 1. The molecule has 2 N–H and O–H groups in total. The molecule has 0 spiro atoms. The van der Waals surface area contributed by atoms with E-state index in [4.69, 9.17) is 28.3 Å². The van der Waals surface area contributed by atoms with Crippen molar-refractivity contribution in [2.45, 2.75) is 18.9 Å². The van der Waals surface area contributed by atoms with Crippen LogP contribution in [0.15, 0.2) is 18.2 Å². The minimum atomic E-state index is -0.991. The predicted molar refractivity (Wildman–Crippen MR) is 72.8 cm³/mol. The minimum Gasteiger partial charge on any atom is -0.480 e. The summed E-state index contributed by atoms with van der Waals surface area (Å²) in [4.78, 5) is 24.3. The number of halogens is 2. The standard InChI is InChI=1S/C12H12Cl2N2O3/c13-7-3-4-9(8(14)6-7)15-12(19)16-5-1-2-10(16)11(17)18/h3-4,6,10H,1-2,5H2,(H,15,19)(H,17,18)/t10-/m0/s1. The molecule has 19 heavy (non-hydrogen) atoms. The monoisotopic (exact) mass is 302 g/mol. The van der Waals surface area contributed by atoms with Crippen molar-refractivity contribution in [1.29, 1.82) is 0 Å². The first-order chi connectivity index (χ1) is 8.99. The lowest BCUT2D eigenvalue weighted by Gasteiger charge is -2.22. The molecule has 1 aromatic rings. The third-order valence-electron chi connectivity index (χ3n) is 2.97. The van der Waals surface area contributed by atoms with Gasteiger partial charge in [-0.15, -0.1) is 0 Å². The average Bonchev–Trinajstić information content (AvgIpc) is 2.82. The molecule has 0 bridgehead atoms. The highest BCUT2D eigenvalue weighted by atomic mass is 35.5. The number of likely N-dealkylation sites (tertiary alicyclic amines) is 1. The van der Waals surface area contributed by atoms with Gasteiger partial charge in [-0.05, 0) is 31.0 Å². The number of carboxylic acid groups (broad SMARTS) is 1. The Morgan fingerprint density at radius 1 is 1.37 bits per heavy atom. The van der Waals surface area contributed by atoms with Gasteiger partial charge in [0, 0.05) is 11.6 Å². The van der Waals surface area contributed by atoms with Crippen molar-refractivity contribution >= 4 is 40.9 Å². The van der Waals surface area contributed by atoms with Crippen molar-refractivity contribution in [2.24, 2.45) is 0 Å². The molecule has 1 fully saturated rings. The molecule has 0 aromatic heterocycles. The first-order valence-corrected chi connectivity index (χ1v) is 6.50. The molecule has 1 aromatic carbocycles. The lowest BCUT2D eigenvalue weighted by molar-refractivity contribution is -0.141. The topological polar surface area (TPSA) is 69.6 Å². The second kappa shape index (κ2) is 5.67. The van der Waals surface area contributed by atoms with E-state index in [2.05, 4.69) is 5.32 Å². The number of hydrogen-bond donors (Lipinski definition) is 2. The molecule has 5 nitrogen and oxygen atoms in total. The maximum absolute atomic E-state index is 12.0. The van der Waals surface area contributed by atoms with Gasteiger partial charge in [0.25, 0.3) is 0 Å². The molecule has 0 aliphatic carbocycles. The lowest BCUT2D eigenvalue weighted by Crippen LogP contribution is -2.42. The van der Waals surface area contributed by atoms with Gasteiger partial charge in [-0.3, -0.25) is 0 Å². The van der Waals surface area contributed by atoms with Gasteiger partial charge in [-0.25, -0.2) is 9.59 Å². The molecule has 1 aliphatic heterocycles. The van der Waals surface area contributed by atoms with Gasteiger partial charge in [-0.2, -0.15) is 0 Å². The number of carbonyl (C=O) groups excluding carboxylic acids is 1. The maximum Gasteiger partial charge on any atom is 0.326 e. The summed E-state index contributed by atoms with van der Waals surface area (Å²) in [6, 6.07) is 3.45. The molecule has 1 heterocycles. The molecule has 2 rings (SSSR count). The molecule has 102 valence electrons. The molecule has 7 heteroatoms. The summed E-state index contributed by atoms with van der Waals surface area (Å²) in [7, 11) is 0. The first-order valence-electron chi connectivity index (χ1n) is 5.74. The number of carbonyl (C=O) groups is 2. The van der Waals surface area contributed by atoms with E-state index in [-0.39, 0.29) is 0 Å². The highest BCUT2D eigenvalue weighted by molar-refractivity contribution is 6.36. The van der Waals surface area contributed by atoms with Crippen LogP contribution in [0.1, 0.15) is 12.8 Å². The molecule has 1 aliphatic rings. The number of hydrogen-bond acceptors (Lipinski definition) is 2. The Kier molecular flexibility index (Phi) is 4.17. The third-order valence-corrected chi connectivity index (χ3v) is 3.52. The van der Waals surface area contributed by atoms with Crippen molar-refractivity contribution < 1.29 is 14.7 Å². The van der Waals surface area contributed by atoms with Crippen LogP contribution in [-0.4, -0.2) is 34.6 Å². The highest BCUT2D eigenvalue weighted by Gasteiger charge is 2.34. The molecule has 0 unspecified atom stereocenters. The zero-order valence-electron chi connectivity index (χ0n) is 9.90. The Morgan fingerprint density at radius 3 is 2.74 bits per heavy atom. The van der Waals surface area contributed by atoms with Crippen LogP contribution >= 0.6 is 23.2 Å². The van der Waals surface area contributed by atoms with Crippen LogP contribution in [0.2, 0.25) is 10.0 Å². The smallest absolute Gasteiger partial charge is 0.326 e. The SMILES string of the molecule is O=C(O)[C@@H]1CCCN1C(=O)Nc1ccc(Cl)cc1Cl. The van der Waals surface area contributed by atoms with E-state index in [0.29, 0.717) is 35.1 Å². The Balaban J connectivity index is 2.10. The van der Waals surface area contributed by atoms with E-state index in [0.717, 1.165) is 0 Å². The summed E-state index contributed by atoms with van der Waals surface area (Å²) >= 11 is 11.7. The fourth-order valence-electron chi connectivity index (χ4n) is 2.04. The molecule has 1 saturated heterocycles. The summed E-state index contributed by atoms with van der Waals surface area (Å²) in [5, 5.41) is 12.4. The zero-order valence-corrected chi connectivity index (χ0v) is 11.4. The van der Waals surface area contributed by atoms with Gasteiger partial charge in [0.1, 0.15) is 6.04 Å². The minimum absolute atomic E-state index is 0.312. The summed E-state index contributed by atoms with van der Waals surface area (Å²) in [6.07, 6.45) is 1.15. The van der Waals surface area contributed by atoms with E-state index in [1.165, 1.54) is 11.0 Å². The lowest BCUT2D eigenvalue weighted by atomic mass is 10.2. The second-order valence-corrected chi connectivity index (χ2v) is 5.09. The van der Waals surface area contributed by atoms with Gasteiger partial charge in [0.15, 0.2) is 0 Å². The van der Waals surface area contributed by atoms with Crippen LogP contribution in [0, 0.1) is 0 Å². The summed E-state index contributed by atoms with van der Waals surface area (Å²) in [5.74, 6) is -0.991. The summed E-state index contributed by atoms with van der Waals surface area (Å²) in [6.45, 7) is 0.425. The summed E-state index contributed by atoms with van der Waals surface area (Å²) in [5.41, 5.74) is 0.409. The van der Waals surface area contributed by atoms with Gasteiger partial charge < -0.3 is 15.3 Å². The van der Waals surface area contributed by atoms with Crippen molar-refractivity contribution in [3.05, 3.63) is 28.2 Å². The number of nitrogens with one attached hydrogen (secondary N) is 1. The summed E-state index contributed by atoms with van der Waals surface area (Å²) < 4.78 is 0. The van der Waals surface area contributed by atoms with E-state index in [9.17, 15) is 9.59 Å². The molecule has 0 saturated carbocycles.